The number of aliphatic carboxylic acids is 1. The summed E-state index contributed by atoms with van der Waals surface area (Å²) >= 11 is 1.54. The molecule has 2 aromatic heterocycles. The van der Waals surface area contributed by atoms with Gasteiger partial charge in [0.05, 0.1) is 11.0 Å². The summed E-state index contributed by atoms with van der Waals surface area (Å²) in [6, 6.07) is 12.6. The molecule has 1 N–H and O–H groups in total. The van der Waals surface area contributed by atoms with Crippen molar-refractivity contribution in [2.75, 3.05) is 13.1 Å². The largest absolute Gasteiger partial charge is 0.491 e. The predicted octanol–water partition coefficient (Wildman–Crippen LogP) is 5.20. The molecule has 0 unspecified atom stereocenters. The van der Waals surface area contributed by atoms with Crippen molar-refractivity contribution in [2.24, 2.45) is 0 Å². The van der Waals surface area contributed by atoms with Crippen LogP contribution in [0.15, 0.2) is 65.1 Å². The van der Waals surface area contributed by atoms with Gasteiger partial charge >= 0.3 is 5.97 Å². The minimum Gasteiger partial charge on any atom is -0.491 e. The number of nitrogens with zero attached hydrogens (tertiary/aromatic N) is 3. The van der Waals surface area contributed by atoms with Gasteiger partial charge in [-0.2, -0.15) is 4.31 Å². The van der Waals surface area contributed by atoms with Crippen LogP contribution in [0, 0.1) is 0 Å². The summed E-state index contributed by atoms with van der Waals surface area (Å²) in [6.07, 6.45) is 5.01. The molecule has 0 atom stereocenters. The van der Waals surface area contributed by atoms with Crippen LogP contribution in [0.1, 0.15) is 38.2 Å². The number of ether oxygens (including phenoxy) is 1. The molecule has 3 heterocycles. The van der Waals surface area contributed by atoms with Crippen molar-refractivity contribution in [1.29, 1.82) is 0 Å². The minimum atomic E-state index is -3.61. The van der Waals surface area contributed by atoms with Gasteiger partial charge in [0.25, 0.3) is 0 Å². The van der Waals surface area contributed by atoms with E-state index in [2.05, 4.69) is 4.98 Å². The summed E-state index contributed by atoms with van der Waals surface area (Å²) in [5.74, 6) is -0.131. The van der Waals surface area contributed by atoms with Crippen LogP contribution in [0.4, 0.5) is 0 Å². The van der Waals surface area contributed by atoms with Crippen molar-refractivity contribution < 1.29 is 23.1 Å². The molecule has 1 aliphatic rings. The van der Waals surface area contributed by atoms with Gasteiger partial charge in [-0.25, -0.2) is 13.4 Å². The van der Waals surface area contributed by atoms with Gasteiger partial charge in [0.15, 0.2) is 0 Å². The Morgan fingerprint density at radius 2 is 1.89 bits per heavy atom. The second-order valence-corrected chi connectivity index (χ2v) is 12.3. The van der Waals surface area contributed by atoms with Gasteiger partial charge in [0.2, 0.25) is 10.0 Å². The van der Waals surface area contributed by atoms with Gasteiger partial charge in [0, 0.05) is 47.3 Å². The third-order valence-electron chi connectivity index (χ3n) is 6.63. The van der Waals surface area contributed by atoms with Gasteiger partial charge in [-0.3, -0.25) is 4.79 Å². The third-order valence-corrected chi connectivity index (χ3v) is 9.36. The lowest BCUT2D eigenvalue weighted by Gasteiger charge is -2.31. The highest BCUT2D eigenvalue weighted by Gasteiger charge is 2.31. The molecule has 0 aliphatic carbocycles. The number of hydrogen-bond acceptors (Lipinski definition) is 6. The van der Waals surface area contributed by atoms with E-state index >= 15 is 0 Å². The first-order chi connectivity index (χ1) is 17.7. The fourth-order valence-corrected chi connectivity index (χ4v) is 7.04. The van der Waals surface area contributed by atoms with Gasteiger partial charge in [-0.05, 0) is 68.5 Å². The molecule has 10 heteroatoms. The Labute approximate surface area is 220 Å². The van der Waals surface area contributed by atoms with E-state index in [1.807, 2.05) is 43.6 Å². The average Bonchev–Trinajstić information content (AvgIpc) is 3.52. The van der Waals surface area contributed by atoms with E-state index < -0.39 is 16.0 Å². The van der Waals surface area contributed by atoms with Crippen molar-refractivity contribution in [3.8, 4) is 16.3 Å². The van der Waals surface area contributed by atoms with Crippen LogP contribution >= 0.6 is 11.3 Å². The zero-order chi connectivity index (χ0) is 26.2. The molecule has 1 fully saturated rings. The first kappa shape index (κ1) is 25.4. The van der Waals surface area contributed by atoms with E-state index in [0.29, 0.717) is 31.7 Å². The monoisotopic (exact) mass is 539 g/mol. The fourth-order valence-electron chi connectivity index (χ4n) is 4.94. The van der Waals surface area contributed by atoms with Crippen LogP contribution in [0.2, 0.25) is 0 Å². The van der Waals surface area contributed by atoms with Crippen LogP contribution in [-0.2, 0) is 21.4 Å². The van der Waals surface area contributed by atoms with E-state index in [0.717, 1.165) is 27.0 Å². The molecule has 194 valence electrons. The molecule has 0 bridgehead atoms. The van der Waals surface area contributed by atoms with E-state index in [4.69, 9.17) is 4.74 Å². The third kappa shape index (κ3) is 5.27. The lowest BCUT2D eigenvalue weighted by molar-refractivity contribution is -0.137. The number of aromatic nitrogens is 2. The van der Waals surface area contributed by atoms with E-state index in [9.17, 15) is 18.3 Å². The van der Waals surface area contributed by atoms with E-state index in [1.54, 1.807) is 39.3 Å². The first-order valence-corrected chi connectivity index (χ1v) is 14.6. The quantitative estimate of drug-likeness (QED) is 0.330. The van der Waals surface area contributed by atoms with Gasteiger partial charge in [0.1, 0.15) is 17.3 Å². The Bertz CT molecular complexity index is 1500. The summed E-state index contributed by atoms with van der Waals surface area (Å²) in [5.41, 5.74) is 2.86. The zero-order valence-corrected chi connectivity index (χ0v) is 22.3. The smallest absolute Gasteiger partial charge is 0.323 e. The maximum atomic E-state index is 13.3. The molecule has 0 saturated carbocycles. The Kier molecular flexibility index (Phi) is 7.06. The Morgan fingerprint density at radius 3 is 2.51 bits per heavy atom. The number of thiazole rings is 1. The number of carboxylic acid groups (broad SMARTS) is 1. The minimum absolute atomic E-state index is 0.0156. The number of rotatable bonds is 8. The number of carboxylic acids is 1. The normalized spacial score (nSPS) is 15.4. The van der Waals surface area contributed by atoms with E-state index in [1.165, 1.54) is 11.3 Å². The van der Waals surface area contributed by atoms with Crippen LogP contribution in [0.25, 0.3) is 21.5 Å². The molecule has 0 spiro atoms. The number of fused-ring (bicyclic) bond motifs is 1. The summed E-state index contributed by atoms with van der Waals surface area (Å²) in [4.78, 5) is 16.2. The van der Waals surface area contributed by atoms with Crippen LogP contribution in [-0.4, -0.2) is 52.5 Å². The average molecular weight is 540 g/mol. The van der Waals surface area contributed by atoms with Crippen molar-refractivity contribution in [3.63, 3.8) is 0 Å². The highest BCUT2D eigenvalue weighted by Crippen LogP contribution is 2.37. The second kappa shape index (κ2) is 10.3. The number of benzene rings is 2. The van der Waals surface area contributed by atoms with Crippen LogP contribution in [0.5, 0.6) is 5.75 Å². The Balaban J connectivity index is 1.37. The molecule has 1 aliphatic heterocycles. The molecule has 5 rings (SSSR count). The molecule has 8 nitrogen and oxygen atoms in total. The SMILES string of the molecule is CC(C)Oc1ccc(S(=O)(=O)N2CCC(c3cn(CC(=O)O)c4cc(-c5nccs5)ccc34)CC2)cc1. The van der Waals surface area contributed by atoms with Gasteiger partial charge in [-0.15, -0.1) is 11.3 Å². The number of sulfonamides is 1. The molecule has 0 radical (unpaired) electrons. The highest BCUT2D eigenvalue weighted by atomic mass is 32.2. The summed E-state index contributed by atoms with van der Waals surface area (Å²) < 4.78 is 35.5. The molecule has 0 amide bonds. The van der Waals surface area contributed by atoms with Gasteiger partial charge in [-0.1, -0.05) is 12.1 Å². The van der Waals surface area contributed by atoms with Crippen molar-refractivity contribution in [3.05, 3.63) is 65.8 Å². The maximum absolute atomic E-state index is 13.3. The molecule has 1 saturated heterocycles. The summed E-state index contributed by atoms with van der Waals surface area (Å²) in [7, 11) is -3.61. The molecule has 37 heavy (non-hydrogen) atoms. The lowest BCUT2D eigenvalue weighted by atomic mass is 9.90. The number of hydrogen-bond donors (Lipinski definition) is 1. The van der Waals surface area contributed by atoms with E-state index in [-0.39, 0.29) is 23.5 Å². The highest BCUT2D eigenvalue weighted by molar-refractivity contribution is 7.89. The summed E-state index contributed by atoms with van der Waals surface area (Å²) in [6.45, 7) is 4.52. The topological polar surface area (TPSA) is 102 Å². The maximum Gasteiger partial charge on any atom is 0.323 e. The van der Waals surface area contributed by atoms with Crippen molar-refractivity contribution in [1.82, 2.24) is 13.9 Å². The molecule has 4 aromatic rings. The lowest BCUT2D eigenvalue weighted by Crippen LogP contribution is -2.37. The summed E-state index contributed by atoms with van der Waals surface area (Å²) in [5, 5.41) is 13.3. The molecule has 2 aromatic carbocycles. The van der Waals surface area contributed by atoms with Crippen LogP contribution in [0.3, 0.4) is 0 Å². The standard InChI is InChI=1S/C27H29N3O5S2/c1-18(2)35-21-4-6-22(7-5-21)37(33,34)30-12-9-19(10-13-30)24-16-29(17-26(31)32)25-15-20(3-8-23(24)25)27-28-11-14-36-27/h3-8,11,14-16,18-19H,9-10,12-13,17H2,1-2H3,(H,31,32). The fraction of sp³-hybridized carbons (Fsp3) is 0.333. The Morgan fingerprint density at radius 1 is 1.16 bits per heavy atom. The number of piperidine rings is 1. The Hall–Kier alpha value is -3.21. The number of carbonyl (C=O) groups is 1. The van der Waals surface area contributed by atoms with Crippen molar-refractivity contribution in [2.45, 2.75) is 50.2 Å². The molecular weight excluding hydrogens is 510 g/mol. The first-order valence-electron chi connectivity index (χ1n) is 12.2. The second-order valence-electron chi connectivity index (χ2n) is 9.49. The predicted molar refractivity (Wildman–Crippen MR) is 144 cm³/mol. The van der Waals surface area contributed by atoms with Crippen LogP contribution < -0.4 is 4.74 Å². The molecular formula is C27H29N3O5S2. The zero-order valence-electron chi connectivity index (χ0n) is 20.7. The van der Waals surface area contributed by atoms with Gasteiger partial charge < -0.3 is 14.4 Å². The van der Waals surface area contributed by atoms with Crippen molar-refractivity contribution >= 4 is 38.2 Å².